The fourth-order valence-electron chi connectivity index (χ4n) is 3.08. The Labute approximate surface area is 118 Å². The van der Waals surface area contributed by atoms with Gasteiger partial charge in [0.2, 0.25) is 0 Å². The van der Waals surface area contributed by atoms with E-state index in [2.05, 4.69) is 5.32 Å². The predicted octanol–water partition coefficient (Wildman–Crippen LogP) is 3.16. The normalized spacial score (nSPS) is 20.9. The zero-order valence-corrected chi connectivity index (χ0v) is 11.7. The third kappa shape index (κ3) is 2.87. The molecule has 0 spiro atoms. The average molecular weight is 284 g/mol. The van der Waals surface area contributed by atoms with Crippen LogP contribution in [-0.2, 0) is 12.8 Å². The van der Waals surface area contributed by atoms with E-state index in [4.69, 9.17) is 16.3 Å². The van der Waals surface area contributed by atoms with Crippen LogP contribution in [0.1, 0.15) is 24.0 Å². The van der Waals surface area contributed by atoms with Crippen molar-refractivity contribution in [2.24, 2.45) is 5.92 Å². The number of nitrogens with one attached hydrogen (secondary N) is 1. The van der Waals surface area contributed by atoms with Crippen LogP contribution in [0.15, 0.2) is 12.1 Å². The van der Waals surface area contributed by atoms with E-state index in [0.717, 1.165) is 49.2 Å². The van der Waals surface area contributed by atoms with Crippen molar-refractivity contribution in [3.05, 3.63) is 28.3 Å². The molecule has 2 heterocycles. The van der Waals surface area contributed by atoms with Crippen LogP contribution < -0.4 is 10.1 Å². The minimum absolute atomic E-state index is 0.164. The van der Waals surface area contributed by atoms with Gasteiger partial charge in [-0.25, -0.2) is 4.39 Å². The van der Waals surface area contributed by atoms with E-state index in [-0.39, 0.29) is 5.92 Å². The predicted molar refractivity (Wildman–Crippen MR) is 74.8 cm³/mol. The second-order valence-corrected chi connectivity index (χ2v) is 5.90. The summed E-state index contributed by atoms with van der Waals surface area (Å²) in [6, 6.07) is 3.80. The second kappa shape index (κ2) is 5.68. The molecular formula is C15H19ClFNO. The quantitative estimate of drug-likeness (QED) is 0.920. The Kier molecular flexibility index (Phi) is 3.94. The smallest absolute Gasteiger partial charge is 0.126 e. The molecule has 1 unspecified atom stereocenters. The van der Waals surface area contributed by atoms with Gasteiger partial charge in [0.1, 0.15) is 11.9 Å². The Morgan fingerprint density at radius 1 is 1.37 bits per heavy atom. The summed E-state index contributed by atoms with van der Waals surface area (Å²) in [5.74, 6) is 1.04. The van der Waals surface area contributed by atoms with Gasteiger partial charge in [-0.15, -0.1) is 0 Å². The zero-order chi connectivity index (χ0) is 13.2. The van der Waals surface area contributed by atoms with Crippen LogP contribution in [-0.4, -0.2) is 25.9 Å². The highest BCUT2D eigenvalue weighted by atomic mass is 35.5. The summed E-state index contributed by atoms with van der Waals surface area (Å²) in [6.45, 7) is 2.54. The van der Waals surface area contributed by atoms with Gasteiger partial charge in [-0.3, -0.25) is 0 Å². The van der Waals surface area contributed by atoms with Crippen molar-refractivity contribution in [3.63, 3.8) is 0 Å². The summed E-state index contributed by atoms with van der Waals surface area (Å²) in [7, 11) is 0. The number of halogens is 2. The van der Waals surface area contributed by atoms with E-state index in [1.807, 2.05) is 12.1 Å². The van der Waals surface area contributed by atoms with Gasteiger partial charge in [-0.05, 0) is 55.1 Å². The van der Waals surface area contributed by atoms with E-state index in [9.17, 15) is 4.39 Å². The van der Waals surface area contributed by atoms with Crippen LogP contribution in [0.5, 0.6) is 5.75 Å². The summed E-state index contributed by atoms with van der Waals surface area (Å²) in [4.78, 5) is 0. The molecule has 2 aliphatic heterocycles. The van der Waals surface area contributed by atoms with E-state index < -0.39 is 6.17 Å². The maximum Gasteiger partial charge on any atom is 0.126 e. The molecule has 4 heteroatoms. The molecule has 104 valence electrons. The Bertz CT molecular complexity index is 460. The first kappa shape index (κ1) is 13.2. The van der Waals surface area contributed by atoms with E-state index in [0.29, 0.717) is 18.1 Å². The lowest BCUT2D eigenvalue weighted by atomic mass is 9.89. The topological polar surface area (TPSA) is 21.3 Å². The van der Waals surface area contributed by atoms with E-state index in [1.54, 1.807) is 0 Å². The maximum atomic E-state index is 14.4. The van der Waals surface area contributed by atoms with Crippen LogP contribution in [0, 0.1) is 5.92 Å². The van der Waals surface area contributed by atoms with Crippen molar-refractivity contribution < 1.29 is 9.13 Å². The molecule has 1 saturated heterocycles. The largest absolute Gasteiger partial charge is 0.493 e. The SMILES string of the molecule is FC(Cc1cc(Cl)cc2c1OCC2)C1CCNCC1. The van der Waals surface area contributed by atoms with Crippen molar-refractivity contribution in [2.75, 3.05) is 19.7 Å². The Morgan fingerprint density at radius 2 is 2.16 bits per heavy atom. The highest BCUT2D eigenvalue weighted by Crippen LogP contribution is 2.35. The van der Waals surface area contributed by atoms with Crippen molar-refractivity contribution in [1.82, 2.24) is 5.32 Å². The molecule has 1 N–H and O–H groups in total. The fourth-order valence-corrected chi connectivity index (χ4v) is 3.34. The Hall–Kier alpha value is -0.800. The van der Waals surface area contributed by atoms with Gasteiger partial charge >= 0.3 is 0 Å². The van der Waals surface area contributed by atoms with Gasteiger partial charge in [-0.1, -0.05) is 11.6 Å². The summed E-state index contributed by atoms with van der Waals surface area (Å²) in [5, 5.41) is 3.96. The van der Waals surface area contributed by atoms with Gasteiger partial charge in [0.15, 0.2) is 0 Å². The molecule has 2 aliphatic rings. The average Bonchev–Trinajstić information content (AvgIpc) is 2.88. The fraction of sp³-hybridized carbons (Fsp3) is 0.600. The molecule has 1 atom stereocenters. The highest BCUT2D eigenvalue weighted by Gasteiger charge is 2.26. The van der Waals surface area contributed by atoms with Gasteiger partial charge in [0.05, 0.1) is 6.61 Å². The molecule has 0 amide bonds. The number of piperidine rings is 1. The summed E-state index contributed by atoms with van der Waals surface area (Å²) in [5.41, 5.74) is 2.06. The lowest BCUT2D eigenvalue weighted by Gasteiger charge is -2.26. The number of alkyl halides is 1. The molecule has 3 rings (SSSR count). The molecule has 0 aliphatic carbocycles. The monoisotopic (exact) mass is 283 g/mol. The van der Waals surface area contributed by atoms with Gasteiger partial charge in [0.25, 0.3) is 0 Å². The molecule has 2 nitrogen and oxygen atoms in total. The van der Waals surface area contributed by atoms with Crippen LogP contribution in [0.3, 0.4) is 0 Å². The number of hydrogen-bond donors (Lipinski definition) is 1. The number of hydrogen-bond acceptors (Lipinski definition) is 2. The van der Waals surface area contributed by atoms with Gasteiger partial charge in [-0.2, -0.15) is 0 Å². The summed E-state index contributed by atoms with van der Waals surface area (Å²) in [6.07, 6.45) is 2.35. The van der Waals surface area contributed by atoms with Crippen molar-refractivity contribution in [2.45, 2.75) is 31.9 Å². The third-order valence-electron chi connectivity index (χ3n) is 4.14. The van der Waals surface area contributed by atoms with Crippen molar-refractivity contribution in [3.8, 4) is 5.75 Å². The number of benzene rings is 1. The lowest BCUT2D eigenvalue weighted by Crippen LogP contribution is -2.33. The maximum absolute atomic E-state index is 14.4. The Balaban J connectivity index is 1.75. The zero-order valence-electron chi connectivity index (χ0n) is 10.9. The minimum Gasteiger partial charge on any atom is -0.493 e. The van der Waals surface area contributed by atoms with Crippen molar-refractivity contribution >= 4 is 11.6 Å². The number of rotatable bonds is 3. The molecule has 0 aromatic heterocycles. The van der Waals surface area contributed by atoms with Crippen molar-refractivity contribution in [1.29, 1.82) is 0 Å². The summed E-state index contributed by atoms with van der Waals surface area (Å²) < 4.78 is 20.1. The molecule has 0 bridgehead atoms. The molecule has 1 aromatic carbocycles. The van der Waals surface area contributed by atoms with Crippen LogP contribution >= 0.6 is 11.6 Å². The first-order valence-corrected chi connectivity index (χ1v) is 7.40. The number of fused-ring (bicyclic) bond motifs is 1. The molecule has 0 saturated carbocycles. The molecule has 1 fully saturated rings. The lowest BCUT2D eigenvalue weighted by molar-refractivity contribution is 0.186. The molecule has 0 radical (unpaired) electrons. The Morgan fingerprint density at radius 3 is 2.95 bits per heavy atom. The van der Waals surface area contributed by atoms with Crippen LogP contribution in [0.25, 0.3) is 0 Å². The standard InChI is InChI=1S/C15H19ClFNO/c16-13-7-11-3-6-19-15(11)12(8-13)9-14(17)10-1-4-18-5-2-10/h7-8,10,14,18H,1-6,9H2. The van der Waals surface area contributed by atoms with Crippen LogP contribution in [0.4, 0.5) is 4.39 Å². The first-order chi connectivity index (χ1) is 9.24. The van der Waals surface area contributed by atoms with E-state index >= 15 is 0 Å². The summed E-state index contributed by atoms with van der Waals surface area (Å²) >= 11 is 6.11. The molecule has 19 heavy (non-hydrogen) atoms. The second-order valence-electron chi connectivity index (χ2n) is 5.46. The molecular weight excluding hydrogens is 265 g/mol. The van der Waals surface area contributed by atoms with Crippen LogP contribution in [0.2, 0.25) is 5.02 Å². The van der Waals surface area contributed by atoms with Gasteiger partial charge < -0.3 is 10.1 Å². The number of ether oxygens (including phenoxy) is 1. The van der Waals surface area contributed by atoms with Gasteiger partial charge in [0, 0.05) is 17.9 Å². The molecule has 1 aromatic rings. The highest BCUT2D eigenvalue weighted by molar-refractivity contribution is 6.30. The minimum atomic E-state index is -0.797. The first-order valence-electron chi connectivity index (χ1n) is 7.03. The van der Waals surface area contributed by atoms with E-state index in [1.165, 1.54) is 0 Å². The third-order valence-corrected chi connectivity index (χ3v) is 4.35.